The fourth-order valence-electron chi connectivity index (χ4n) is 2.98. The van der Waals surface area contributed by atoms with E-state index in [2.05, 4.69) is 6.07 Å². The van der Waals surface area contributed by atoms with E-state index in [9.17, 15) is 4.79 Å². The molecule has 1 aliphatic carbocycles. The summed E-state index contributed by atoms with van der Waals surface area (Å²) >= 11 is 6.41. The third-order valence-electron chi connectivity index (χ3n) is 4.01. The molecule has 2 aliphatic rings. The number of esters is 1. The van der Waals surface area contributed by atoms with E-state index in [0.717, 1.165) is 10.6 Å². The molecule has 0 N–H and O–H groups in total. The topological polar surface area (TPSA) is 26.3 Å². The van der Waals surface area contributed by atoms with E-state index in [0.29, 0.717) is 18.1 Å². The minimum atomic E-state index is -0.192. The summed E-state index contributed by atoms with van der Waals surface area (Å²) in [7, 11) is 0. The molecule has 3 rings (SSSR count). The third-order valence-corrected chi connectivity index (χ3v) is 4.34. The van der Waals surface area contributed by atoms with Crippen LogP contribution in [0, 0.1) is 0 Å². The van der Waals surface area contributed by atoms with Crippen LogP contribution in [0.25, 0.3) is 5.76 Å². The monoisotopic (exact) mass is 276 g/mol. The molecule has 1 saturated carbocycles. The van der Waals surface area contributed by atoms with Gasteiger partial charge in [-0.25, -0.2) is 0 Å². The van der Waals surface area contributed by atoms with E-state index in [1.165, 1.54) is 37.7 Å². The number of cyclic esters (lactones) is 1. The van der Waals surface area contributed by atoms with Gasteiger partial charge < -0.3 is 4.74 Å². The van der Waals surface area contributed by atoms with Crippen LogP contribution in [0.15, 0.2) is 24.3 Å². The molecule has 1 heterocycles. The molecular formula is C16H17ClO2. The Balaban J connectivity index is 1.83. The minimum Gasteiger partial charge on any atom is -0.426 e. The Bertz CT molecular complexity index is 528. The molecule has 0 atom stereocenters. The fraction of sp³-hybridized carbons (Fsp3) is 0.438. The Morgan fingerprint density at radius 2 is 1.95 bits per heavy atom. The Hall–Kier alpha value is -1.28. The first-order valence-electron chi connectivity index (χ1n) is 6.95. The highest BCUT2D eigenvalue weighted by atomic mass is 35.5. The zero-order valence-electron chi connectivity index (χ0n) is 10.8. The second-order valence-corrected chi connectivity index (χ2v) is 5.72. The van der Waals surface area contributed by atoms with Gasteiger partial charge >= 0.3 is 5.97 Å². The lowest BCUT2D eigenvalue weighted by molar-refractivity contribution is -0.134. The van der Waals surface area contributed by atoms with Crippen molar-refractivity contribution in [1.29, 1.82) is 0 Å². The van der Waals surface area contributed by atoms with Crippen molar-refractivity contribution in [2.24, 2.45) is 0 Å². The lowest BCUT2D eigenvalue weighted by Crippen LogP contribution is -2.05. The van der Waals surface area contributed by atoms with Crippen LogP contribution in [-0.2, 0) is 9.53 Å². The molecule has 1 fully saturated rings. The summed E-state index contributed by atoms with van der Waals surface area (Å²) in [5, 5.41) is 0.799. The number of carbonyl (C=O) groups excluding carboxylic acids is 1. The number of carbonyl (C=O) groups is 1. The van der Waals surface area contributed by atoms with Crippen molar-refractivity contribution in [2.75, 3.05) is 0 Å². The van der Waals surface area contributed by atoms with Crippen molar-refractivity contribution in [3.63, 3.8) is 0 Å². The van der Waals surface area contributed by atoms with E-state index in [1.54, 1.807) is 0 Å². The number of benzene rings is 1. The van der Waals surface area contributed by atoms with Crippen molar-refractivity contribution in [3.8, 4) is 0 Å². The zero-order valence-corrected chi connectivity index (χ0v) is 11.6. The van der Waals surface area contributed by atoms with Crippen LogP contribution >= 0.6 is 11.6 Å². The van der Waals surface area contributed by atoms with Gasteiger partial charge in [0, 0.05) is 10.6 Å². The summed E-state index contributed by atoms with van der Waals surface area (Å²) in [6, 6.07) is 6.04. The average molecular weight is 277 g/mol. The molecule has 2 nitrogen and oxygen atoms in total. The molecule has 0 unspecified atom stereocenters. The summed E-state index contributed by atoms with van der Waals surface area (Å²) in [5.74, 6) is 1.04. The summed E-state index contributed by atoms with van der Waals surface area (Å²) in [4.78, 5) is 11.1. The SMILES string of the molecule is O=C1CC=C(c2ccc(C3CCCCC3)c(Cl)c2)O1. The Morgan fingerprint density at radius 1 is 1.16 bits per heavy atom. The summed E-state index contributed by atoms with van der Waals surface area (Å²) in [6.07, 6.45) is 8.57. The van der Waals surface area contributed by atoms with Gasteiger partial charge in [0.1, 0.15) is 5.76 Å². The molecule has 0 spiro atoms. The van der Waals surface area contributed by atoms with E-state index in [-0.39, 0.29) is 5.97 Å². The molecule has 1 aliphatic heterocycles. The lowest BCUT2D eigenvalue weighted by atomic mass is 9.84. The van der Waals surface area contributed by atoms with Crippen molar-refractivity contribution in [1.82, 2.24) is 0 Å². The van der Waals surface area contributed by atoms with Crippen LogP contribution in [0.2, 0.25) is 5.02 Å². The Kier molecular flexibility index (Phi) is 3.61. The molecule has 0 bridgehead atoms. The summed E-state index contributed by atoms with van der Waals surface area (Å²) < 4.78 is 5.15. The lowest BCUT2D eigenvalue weighted by Gasteiger charge is -2.23. The molecule has 1 aromatic rings. The first kappa shape index (κ1) is 12.7. The number of hydrogen-bond acceptors (Lipinski definition) is 2. The van der Waals surface area contributed by atoms with Gasteiger partial charge in [-0.3, -0.25) is 4.79 Å². The quantitative estimate of drug-likeness (QED) is 0.734. The van der Waals surface area contributed by atoms with E-state index >= 15 is 0 Å². The second kappa shape index (κ2) is 5.38. The van der Waals surface area contributed by atoms with Gasteiger partial charge in [-0.15, -0.1) is 0 Å². The van der Waals surface area contributed by atoms with Crippen LogP contribution in [0.1, 0.15) is 55.6 Å². The first-order valence-corrected chi connectivity index (χ1v) is 7.32. The molecule has 0 amide bonds. The van der Waals surface area contributed by atoms with Crippen LogP contribution in [0.4, 0.5) is 0 Å². The van der Waals surface area contributed by atoms with Crippen molar-refractivity contribution in [3.05, 3.63) is 40.4 Å². The van der Waals surface area contributed by atoms with E-state index in [4.69, 9.17) is 16.3 Å². The number of rotatable bonds is 2. The standard InChI is InChI=1S/C16H17ClO2/c17-14-10-12(15-8-9-16(18)19-15)6-7-13(14)11-4-2-1-3-5-11/h6-8,10-11H,1-5,9H2. The van der Waals surface area contributed by atoms with Crippen LogP contribution < -0.4 is 0 Å². The largest absolute Gasteiger partial charge is 0.426 e. The van der Waals surface area contributed by atoms with Gasteiger partial charge in [0.15, 0.2) is 0 Å². The van der Waals surface area contributed by atoms with Crippen molar-refractivity contribution >= 4 is 23.3 Å². The van der Waals surface area contributed by atoms with Crippen molar-refractivity contribution in [2.45, 2.75) is 44.4 Å². The zero-order chi connectivity index (χ0) is 13.2. The molecule has 19 heavy (non-hydrogen) atoms. The van der Waals surface area contributed by atoms with Crippen LogP contribution in [0.3, 0.4) is 0 Å². The molecule has 100 valence electrons. The Labute approximate surface area is 118 Å². The molecule has 1 aromatic carbocycles. The maximum absolute atomic E-state index is 11.1. The van der Waals surface area contributed by atoms with Crippen molar-refractivity contribution < 1.29 is 9.53 Å². The molecule has 0 aromatic heterocycles. The van der Waals surface area contributed by atoms with Crippen LogP contribution in [0.5, 0.6) is 0 Å². The van der Waals surface area contributed by atoms with Crippen LogP contribution in [-0.4, -0.2) is 5.97 Å². The van der Waals surface area contributed by atoms with E-state index < -0.39 is 0 Å². The highest BCUT2D eigenvalue weighted by molar-refractivity contribution is 6.31. The normalized spacial score (nSPS) is 20.3. The van der Waals surface area contributed by atoms with Gasteiger partial charge in [0.25, 0.3) is 0 Å². The van der Waals surface area contributed by atoms with Gasteiger partial charge in [-0.2, -0.15) is 0 Å². The Morgan fingerprint density at radius 3 is 2.58 bits per heavy atom. The fourth-order valence-corrected chi connectivity index (χ4v) is 3.32. The third kappa shape index (κ3) is 2.69. The molecule has 3 heteroatoms. The smallest absolute Gasteiger partial charge is 0.315 e. The number of hydrogen-bond donors (Lipinski definition) is 0. The molecular weight excluding hydrogens is 260 g/mol. The predicted molar refractivity (Wildman–Crippen MR) is 76.0 cm³/mol. The molecule has 0 radical (unpaired) electrons. The first-order chi connectivity index (χ1) is 9.24. The summed E-state index contributed by atoms with van der Waals surface area (Å²) in [6.45, 7) is 0. The maximum atomic E-state index is 11.1. The van der Waals surface area contributed by atoms with Gasteiger partial charge in [0.2, 0.25) is 0 Å². The van der Waals surface area contributed by atoms with Gasteiger partial charge in [0.05, 0.1) is 6.42 Å². The molecule has 0 saturated heterocycles. The predicted octanol–water partition coefficient (Wildman–Crippen LogP) is 4.68. The maximum Gasteiger partial charge on any atom is 0.315 e. The minimum absolute atomic E-state index is 0.192. The number of halogens is 1. The number of ether oxygens (including phenoxy) is 1. The highest BCUT2D eigenvalue weighted by Crippen LogP contribution is 2.37. The van der Waals surface area contributed by atoms with Gasteiger partial charge in [-0.1, -0.05) is 43.0 Å². The average Bonchev–Trinajstić information content (AvgIpc) is 2.86. The highest BCUT2D eigenvalue weighted by Gasteiger charge is 2.20. The second-order valence-electron chi connectivity index (χ2n) is 5.32. The van der Waals surface area contributed by atoms with E-state index in [1.807, 2.05) is 18.2 Å². The van der Waals surface area contributed by atoms with Gasteiger partial charge in [-0.05, 0) is 36.5 Å². The summed E-state index contributed by atoms with van der Waals surface area (Å²) in [5.41, 5.74) is 2.14.